The van der Waals surface area contributed by atoms with Crippen molar-refractivity contribution >= 4 is 10.9 Å². The molecule has 19 heavy (non-hydrogen) atoms. The molecule has 1 aliphatic rings. The van der Waals surface area contributed by atoms with Gasteiger partial charge in [0.25, 0.3) is 0 Å². The van der Waals surface area contributed by atoms with E-state index in [4.69, 9.17) is 5.10 Å². The molecule has 0 aliphatic carbocycles. The Morgan fingerprint density at radius 2 is 2.26 bits per heavy atom. The zero-order valence-electron chi connectivity index (χ0n) is 11.4. The van der Waals surface area contributed by atoms with Crippen LogP contribution in [-0.4, -0.2) is 33.6 Å². The maximum absolute atomic E-state index is 9.72. The van der Waals surface area contributed by atoms with Gasteiger partial charge in [0.1, 0.15) is 0 Å². The Bertz CT molecular complexity index is 570. The predicted molar refractivity (Wildman–Crippen MR) is 76.2 cm³/mol. The molecule has 1 atom stereocenters. The molecule has 1 fully saturated rings. The van der Waals surface area contributed by atoms with Crippen LogP contribution >= 0.6 is 0 Å². The summed E-state index contributed by atoms with van der Waals surface area (Å²) in [6.07, 6.45) is 2.96. The van der Waals surface area contributed by atoms with Crippen molar-refractivity contribution < 1.29 is 5.11 Å². The van der Waals surface area contributed by atoms with Crippen molar-refractivity contribution in [1.82, 2.24) is 15.1 Å². The number of benzene rings is 1. The molecular formula is C15H21N3O. The largest absolute Gasteiger partial charge is 0.394 e. The van der Waals surface area contributed by atoms with Crippen LogP contribution in [0.1, 0.15) is 25.5 Å². The zero-order chi connectivity index (χ0) is 13.3. The first-order valence-corrected chi connectivity index (χ1v) is 7.08. The Hall–Kier alpha value is -1.39. The van der Waals surface area contributed by atoms with E-state index in [0.29, 0.717) is 0 Å². The number of rotatable bonds is 4. The maximum atomic E-state index is 9.72. The van der Waals surface area contributed by atoms with Crippen molar-refractivity contribution in [2.75, 3.05) is 13.2 Å². The Labute approximate surface area is 113 Å². The zero-order valence-corrected chi connectivity index (χ0v) is 11.4. The molecule has 1 aromatic carbocycles. The van der Waals surface area contributed by atoms with E-state index >= 15 is 0 Å². The second-order valence-electron chi connectivity index (χ2n) is 5.43. The number of nitrogens with one attached hydrogen (secondary N) is 1. The molecule has 0 saturated carbocycles. The molecule has 0 bridgehead atoms. The molecule has 1 saturated heterocycles. The third-order valence-electron chi connectivity index (χ3n) is 4.17. The first kappa shape index (κ1) is 12.6. The van der Waals surface area contributed by atoms with Gasteiger partial charge >= 0.3 is 0 Å². The fourth-order valence-electron chi connectivity index (χ4n) is 3.10. The molecule has 0 amide bonds. The first-order valence-electron chi connectivity index (χ1n) is 7.08. The summed E-state index contributed by atoms with van der Waals surface area (Å²) in [6, 6.07) is 8.35. The Morgan fingerprint density at radius 3 is 2.95 bits per heavy atom. The number of aliphatic hydroxyl groups is 1. The minimum absolute atomic E-state index is 0.171. The van der Waals surface area contributed by atoms with Crippen LogP contribution in [-0.2, 0) is 13.0 Å². The number of aryl methyl sites for hydroxylation is 1. The quantitative estimate of drug-likeness (QED) is 0.879. The fraction of sp³-hybridized carbons (Fsp3) is 0.533. The second-order valence-corrected chi connectivity index (χ2v) is 5.43. The molecule has 1 unspecified atom stereocenters. The average molecular weight is 259 g/mol. The number of para-hydroxylation sites is 1. The summed E-state index contributed by atoms with van der Waals surface area (Å²) < 4.78 is 2.05. The van der Waals surface area contributed by atoms with Gasteiger partial charge in [-0.3, -0.25) is 4.68 Å². The molecule has 102 valence electrons. The molecule has 0 radical (unpaired) electrons. The molecule has 1 aliphatic heterocycles. The van der Waals surface area contributed by atoms with Gasteiger partial charge in [0.15, 0.2) is 0 Å². The molecule has 2 heterocycles. The highest BCUT2D eigenvalue weighted by Gasteiger charge is 2.34. The topological polar surface area (TPSA) is 50.1 Å². The Kier molecular flexibility index (Phi) is 3.29. The van der Waals surface area contributed by atoms with Crippen LogP contribution in [0.5, 0.6) is 0 Å². The lowest BCUT2D eigenvalue weighted by Gasteiger charge is -2.26. The highest BCUT2D eigenvalue weighted by atomic mass is 16.3. The third-order valence-corrected chi connectivity index (χ3v) is 4.17. The van der Waals surface area contributed by atoms with Crippen LogP contribution in [0.4, 0.5) is 0 Å². The average Bonchev–Trinajstić information content (AvgIpc) is 3.05. The smallest absolute Gasteiger partial charge is 0.0722 e. The fourth-order valence-corrected chi connectivity index (χ4v) is 3.10. The van der Waals surface area contributed by atoms with Gasteiger partial charge in [0.05, 0.1) is 17.8 Å². The van der Waals surface area contributed by atoms with Crippen molar-refractivity contribution in [3.63, 3.8) is 0 Å². The SMILES string of the molecule is CCn1nc(CC2(CO)CCCN2)c2ccccc21. The molecule has 4 heteroatoms. The van der Waals surface area contributed by atoms with Crippen LogP contribution in [0.3, 0.4) is 0 Å². The molecule has 3 rings (SSSR count). The van der Waals surface area contributed by atoms with Crippen molar-refractivity contribution in [2.24, 2.45) is 0 Å². The summed E-state index contributed by atoms with van der Waals surface area (Å²) in [4.78, 5) is 0. The van der Waals surface area contributed by atoms with Crippen molar-refractivity contribution in [1.29, 1.82) is 0 Å². The maximum Gasteiger partial charge on any atom is 0.0722 e. The summed E-state index contributed by atoms with van der Waals surface area (Å²) in [7, 11) is 0. The highest BCUT2D eigenvalue weighted by molar-refractivity contribution is 5.82. The van der Waals surface area contributed by atoms with E-state index in [0.717, 1.165) is 38.0 Å². The van der Waals surface area contributed by atoms with Crippen molar-refractivity contribution in [2.45, 2.75) is 38.3 Å². The molecular weight excluding hydrogens is 238 g/mol. The van der Waals surface area contributed by atoms with Gasteiger partial charge in [0, 0.05) is 23.9 Å². The first-order chi connectivity index (χ1) is 9.28. The van der Waals surface area contributed by atoms with Gasteiger partial charge in [-0.15, -0.1) is 0 Å². The number of nitrogens with zero attached hydrogens (tertiary/aromatic N) is 2. The predicted octanol–water partition coefficient (Wildman–Crippen LogP) is 1.71. The summed E-state index contributed by atoms with van der Waals surface area (Å²) in [5.74, 6) is 0. The summed E-state index contributed by atoms with van der Waals surface area (Å²) in [6.45, 7) is 4.16. The van der Waals surface area contributed by atoms with Gasteiger partial charge in [0.2, 0.25) is 0 Å². The molecule has 0 spiro atoms. The van der Waals surface area contributed by atoms with Crippen LogP contribution in [0, 0.1) is 0 Å². The van der Waals surface area contributed by atoms with E-state index in [1.807, 2.05) is 4.68 Å². The van der Waals surface area contributed by atoms with E-state index in [-0.39, 0.29) is 12.1 Å². The molecule has 1 aromatic heterocycles. The molecule has 2 aromatic rings. The Morgan fingerprint density at radius 1 is 1.42 bits per heavy atom. The van der Waals surface area contributed by atoms with Gasteiger partial charge < -0.3 is 10.4 Å². The number of hydrogen-bond donors (Lipinski definition) is 2. The second kappa shape index (κ2) is 4.94. The van der Waals surface area contributed by atoms with Gasteiger partial charge in [-0.05, 0) is 32.4 Å². The summed E-state index contributed by atoms with van der Waals surface area (Å²) >= 11 is 0. The van der Waals surface area contributed by atoms with Crippen LogP contribution in [0.2, 0.25) is 0 Å². The van der Waals surface area contributed by atoms with Crippen LogP contribution < -0.4 is 5.32 Å². The molecule has 2 N–H and O–H groups in total. The van der Waals surface area contributed by atoms with Gasteiger partial charge in [-0.25, -0.2) is 0 Å². The van der Waals surface area contributed by atoms with E-state index in [1.54, 1.807) is 0 Å². The Balaban J connectivity index is 2.01. The summed E-state index contributed by atoms with van der Waals surface area (Å²) in [5.41, 5.74) is 2.11. The lowest BCUT2D eigenvalue weighted by Crippen LogP contribution is -2.45. The standard InChI is InChI=1S/C15H21N3O/c1-2-18-14-7-4-3-6-12(14)13(17-18)10-15(11-19)8-5-9-16-15/h3-4,6-7,16,19H,2,5,8-11H2,1H3. The van der Waals surface area contributed by atoms with Gasteiger partial charge in [-0.1, -0.05) is 18.2 Å². The van der Waals surface area contributed by atoms with E-state index in [2.05, 4.69) is 36.5 Å². The third kappa shape index (κ3) is 2.15. The van der Waals surface area contributed by atoms with E-state index in [1.165, 1.54) is 10.9 Å². The highest BCUT2D eigenvalue weighted by Crippen LogP contribution is 2.27. The van der Waals surface area contributed by atoms with Crippen LogP contribution in [0.15, 0.2) is 24.3 Å². The number of hydrogen-bond acceptors (Lipinski definition) is 3. The van der Waals surface area contributed by atoms with Gasteiger partial charge in [-0.2, -0.15) is 5.10 Å². The monoisotopic (exact) mass is 259 g/mol. The van der Waals surface area contributed by atoms with Crippen molar-refractivity contribution in [3.05, 3.63) is 30.0 Å². The van der Waals surface area contributed by atoms with Crippen molar-refractivity contribution in [3.8, 4) is 0 Å². The number of aliphatic hydroxyl groups excluding tert-OH is 1. The molecule has 4 nitrogen and oxygen atoms in total. The van der Waals surface area contributed by atoms with E-state index < -0.39 is 0 Å². The number of aromatic nitrogens is 2. The van der Waals surface area contributed by atoms with E-state index in [9.17, 15) is 5.11 Å². The minimum Gasteiger partial charge on any atom is -0.394 e. The number of fused-ring (bicyclic) bond motifs is 1. The normalized spacial score (nSPS) is 23.3. The lowest BCUT2D eigenvalue weighted by molar-refractivity contribution is 0.176. The van der Waals surface area contributed by atoms with Crippen LogP contribution in [0.25, 0.3) is 10.9 Å². The lowest BCUT2D eigenvalue weighted by atomic mass is 9.91. The minimum atomic E-state index is -0.171. The summed E-state index contributed by atoms with van der Waals surface area (Å²) in [5, 5.41) is 19.1.